The highest BCUT2D eigenvalue weighted by Gasteiger charge is 2.39. The Hall–Kier alpha value is -2.61. The molecule has 2 heterocycles. The van der Waals surface area contributed by atoms with Gasteiger partial charge in [-0.25, -0.2) is 0 Å². The fraction of sp³-hybridized carbons (Fsp3) is 0.625. The van der Waals surface area contributed by atoms with Crippen molar-refractivity contribution >= 4 is 23.4 Å². The van der Waals surface area contributed by atoms with Crippen molar-refractivity contribution in [2.24, 2.45) is 5.92 Å². The zero-order valence-corrected chi connectivity index (χ0v) is 18.9. The summed E-state index contributed by atoms with van der Waals surface area (Å²) in [5, 5.41) is 5.84. The molecule has 2 aliphatic heterocycles. The topological polar surface area (TPSA) is 97.0 Å². The maximum Gasteiger partial charge on any atom is 0.257 e. The van der Waals surface area contributed by atoms with Crippen molar-refractivity contribution in [1.82, 2.24) is 10.2 Å². The second-order valence-corrected chi connectivity index (χ2v) is 9.13. The third-order valence-corrected chi connectivity index (χ3v) is 6.47. The summed E-state index contributed by atoms with van der Waals surface area (Å²) >= 11 is 0. The third-order valence-electron chi connectivity index (χ3n) is 6.47. The number of hydrogen-bond donors (Lipinski definition) is 2. The molecule has 0 radical (unpaired) electrons. The Balaban J connectivity index is 1.41. The first kappa shape index (κ1) is 22.6. The number of nitrogens with zero attached hydrogens (tertiary/aromatic N) is 1. The van der Waals surface area contributed by atoms with E-state index in [1.165, 1.54) is 12.8 Å². The zero-order valence-electron chi connectivity index (χ0n) is 18.9. The minimum Gasteiger partial charge on any atom is -0.490 e. The van der Waals surface area contributed by atoms with E-state index in [1.54, 1.807) is 30.1 Å². The lowest BCUT2D eigenvalue weighted by atomic mass is 9.94. The standard InChI is InChI=1S/C24H33N3O5/c1-3-4-22(28)26-16-7-10-20-18(11-16)24(30)27(2)19-9-8-17(32-21(19)14-31-20)12-23(29)25-13-15-5-6-15/h7,10-11,15,17,19,21H,3-6,8-9,12-14H2,1-2H3,(H,25,29)(H,26,28)/t17-,19+,21+/m0/s1. The summed E-state index contributed by atoms with van der Waals surface area (Å²) in [7, 11) is 1.78. The Bertz CT molecular complexity index is 869. The number of fused-ring (bicyclic) bond motifs is 2. The quantitative estimate of drug-likeness (QED) is 0.675. The van der Waals surface area contributed by atoms with Gasteiger partial charge in [-0.2, -0.15) is 0 Å². The van der Waals surface area contributed by atoms with Crippen LogP contribution < -0.4 is 15.4 Å². The van der Waals surface area contributed by atoms with Gasteiger partial charge in [0.2, 0.25) is 11.8 Å². The Morgan fingerprint density at radius 2 is 1.97 bits per heavy atom. The van der Waals surface area contributed by atoms with Crippen LogP contribution in [-0.2, 0) is 14.3 Å². The van der Waals surface area contributed by atoms with Crippen LogP contribution in [0, 0.1) is 5.92 Å². The van der Waals surface area contributed by atoms with E-state index in [9.17, 15) is 14.4 Å². The molecule has 0 aromatic heterocycles. The van der Waals surface area contributed by atoms with E-state index in [0.717, 1.165) is 25.8 Å². The molecular weight excluding hydrogens is 410 g/mol. The monoisotopic (exact) mass is 443 g/mol. The lowest BCUT2D eigenvalue weighted by Crippen LogP contribution is -2.54. The van der Waals surface area contributed by atoms with Crippen LogP contribution in [0.5, 0.6) is 5.75 Å². The van der Waals surface area contributed by atoms with Crippen molar-refractivity contribution in [2.45, 2.75) is 70.1 Å². The number of benzene rings is 1. The number of carbonyl (C=O) groups is 3. The maximum absolute atomic E-state index is 13.2. The van der Waals surface area contributed by atoms with Gasteiger partial charge in [0.05, 0.1) is 24.1 Å². The van der Waals surface area contributed by atoms with E-state index >= 15 is 0 Å². The molecule has 32 heavy (non-hydrogen) atoms. The Morgan fingerprint density at radius 3 is 2.72 bits per heavy atom. The molecule has 1 aromatic carbocycles. The number of hydrogen-bond acceptors (Lipinski definition) is 5. The second kappa shape index (κ2) is 9.90. The predicted molar refractivity (Wildman–Crippen MR) is 120 cm³/mol. The van der Waals surface area contributed by atoms with E-state index in [-0.39, 0.29) is 36.0 Å². The first-order valence-corrected chi connectivity index (χ1v) is 11.7. The Kier molecular flexibility index (Phi) is 6.98. The van der Waals surface area contributed by atoms with Gasteiger partial charge in [-0.15, -0.1) is 0 Å². The van der Waals surface area contributed by atoms with Crippen LogP contribution in [0.25, 0.3) is 0 Å². The minimum atomic E-state index is -0.295. The summed E-state index contributed by atoms with van der Waals surface area (Å²) in [6.45, 7) is 3.01. The summed E-state index contributed by atoms with van der Waals surface area (Å²) in [5.74, 6) is 0.912. The average Bonchev–Trinajstić information content (AvgIpc) is 3.60. The molecule has 3 amide bonds. The molecule has 8 heteroatoms. The normalized spacial score (nSPS) is 25.0. The van der Waals surface area contributed by atoms with E-state index < -0.39 is 0 Å². The molecule has 2 fully saturated rings. The maximum atomic E-state index is 13.2. The number of rotatable bonds is 7. The van der Waals surface area contributed by atoms with Gasteiger partial charge < -0.3 is 25.0 Å². The second-order valence-electron chi connectivity index (χ2n) is 9.13. The molecule has 1 saturated carbocycles. The lowest BCUT2D eigenvalue weighted by molar-refractivity contribution is -0.134. The Labute approximate surface area is 189 Å². The lowest BCUT2D eigenvalue weighted by Gasteiger charge is -2.42. The van der Waals surface area contributed by atoms with Gasteiger partial charge in [-0.05, 0) is 56.2 Å². The highest BCUT2D eigenvalue weighted by molar-refractivity contribution is 5.99. The van der Waals surface area contributed by atoms with Crippen LogP contribution in [-0.4, -0.2) is 61.1 Å². The zero-order chi connectivity index (χ0) is 22.7. The van der Waals surface area contributed by atoms with Crippen LogP contribution in [0.3, 0.4) is 0 Å². The summed E-state index contributed by atoms with van der Waals surface area (Å²) < 4.78 is 12.2. The van der Waals surface area contributed by atoms with Gasteiger partial charge in [0.15, 0.2) is 0 Å². The average molecular weight is 444 g/mol. The largest absolute Gasteiger partial charge is 0.490 e. The first-order valence-electron chi connectivity index (χ1n) is 11.7. The number of likely N-dealkylation sites (N-methyl/N-ethyl adjacent to an activating group) is 1. The van der Waals surface area contributed by atoms with E-state index in [2.05, 4.69) is 10.6 Å². The van der Waals surface area contributed by atoms with Gasteiger partial charge >= 0.3 is 0 Å². The summed E-state index contributed by atoms with van der Waals surface area (Å²) in [4.78, 5) is 39.1. The van der Waals surface area contributed by atoms with Gasteiger partial charge in [0.1, 0.15) is 18.5 Å². The van der Waals surface area contributed by atoms with E-state index in [4.69, 9.17) is 9.47 Å². The van der Waals surface area contributed by atoms with Crippen LogP contribution in [0.2, 0.25) is 0 Å². The molecule has 0 bridgehead atoms. The smallest absolute Gasteiger partial charge is 0.257 e. The highest BCUT2D eigenvalue weighted by atomic mass is 16.5. The minimum absolute atomic E-state index is 0.0274. The molecule has 1 aliphatic carbocycles. The van der Waals surface area contributed by atoms with Crippen LogP contribution >= 0.6 is 0 Å². The molecule has 1 saturated heterocycles. The number of ether oxygens (including phenoxy) is 2. The fourth-order valence-corrected chi connectivity index (χ4v) is 4.41. The predicted octanol–water partition coefficient (Wildman–Crippen LogP) is 2.72. The van der Waals surface area contributed by atoms with Crippen molar-refractivity contribution < 1.29 is 23.9 Å². The van der Waals surface area contributed by atoms with Crippen molar-refractivity contribution in [1.29, 1.82) is 0 Å². The number of amides is 3. The van der Waals surface area contributed by atoms with Crippen molar-refractivity contribution in [3.63, 3.8) is 0 Å². The van der Waals surface area contributed by atoms with E-state index in [0.29, 0.717) is 42.4 Å². The van der Waals surface area contributed by atoms with Gasteiger partial charge in [0, 0.05) is 25.7 Å². The molecule has 174 valence electrons. The molecule has 3 atom stereocenters. The van der Waals surface area contributed by atoms with Gasteiger partial charge in [0.25, 0.3) is 5.91 Å². The Morgan fingerprint density at radius 1 is 1.16 bits per heavy atom. The summed E-state index contributed by atoms with van der Waals surface area (Å²) in [6, 6.07) is 5.01. The van der Waals surface area contributed by atoms with Crippen LogP contribution in [0.1, 0.15) is 62.2 Å². The molecule has 0 spiro atoms. The fourth-order valence-electron chi connectivity index (χ4n) is 4.41. The summed E-state index contributed by atoms with van der Waals surface area (Å²) in [6.07, 6.45) is 4.94. The third kappa shape index (κ3) is 5.41. The molecule has 1 aromatic rings. The SMILES string of the molecule is CCCC(=O)Nc1ccc2c(c1)C(=O)N(C)[C@@H]1CC[C@@H](CC(=O)NCC3CC3)O[C@@H]1CO2. The number of carbonyl (C=O) groups excluding carboxylic acids is 3. The van der Waals surface area contributed by atoms with Gasteiger partial charge in [-0.3, -0.25) is 14.4 Å². The molecular formula is C24H33N3O5. The number of nitrogens with one attached hydrogen (secondary N) is 2. The van der Waals surface area contributed by atoms with E-state index in [1.807, 2.05) is 6.92 Å². The molecule has 0 unspecified atom stereocenters. The number of anilines is 1. The van der Waals surface area contributed by atoms with Crippen molar-refractivity contribution in [3.05, 3.63) is 23.8 Å². The van der Waals surface area contributed by atoms with Crippen LogP contribution in [0.4, 0.5) is 5.69 Å². The molecule has 4 rings (SSSR count). The highest BCUT2D eigenvalue weighted by Crippen LogP contribution is 2.33. The molecule has 8 nitrogen and oxygen atoms in total. The molecule has 3 aliphatic rings. The van der Waals surface area contributed by atoms with Crippen LogP contribution in [0.15, 0.2) is 18.2 Å². The summed E-state index contributed by atoms with van der Waals surface area (Å²) in [5.41, 5.74) is 1.02. The van der Waals surface area contributed by atoms with Crippen molar-refractivity contribution in [2.75, 3.05) is 25.5 Å². The van der Waals surface area contributed by atoms with Gasteiger partial charge in [-0.1, -0.05) is 6.92 Å². The first-order chi connectivity index (χ1) is 15.4. The molecule has 2 N–H and O–H groups in total. The van der Waals surface area contributed by atoms with Crippen molar-refractivity contribution in [3.8, 4) is 5.75 Å².